The summed E-state index contributed by atoms with van der Waals surface area (Å²) in [6, 6.07) is 10.2. The third kappa shape index (κ3) is 3.81. The molecule has 3 rings (SSSR count). The van der Waals surface area contributed by atoms with Crippen molar-refractivity contribution in [3.8, 4) is 5.75 Å². The number of nitrogens with zero attached hydrogens (tertiary/aromatic N) is 1. The number of carbonyl (C=O) groups is 2. The predicted octanol–water partition coefficient (Wildman–Crippen LogP) is 3.09. The summed E-state index contributed by atoms with van der Waals surface area (Å²) in [5.74, 6) is -1.82. The lowest BCUT2D eigenvalue weighted by molar-refractivity contribution is 0.0695. The van der Waals surface area contributed by atoms with E-state index < -0.39 is 17.9 Å². The highest BCUT2D eigenvalue weighted by Gasteiger charge is 2.22. The van der Waals surface area contributed by atoms with Crippen molar-refractivity contribution >= 4 is 34.4 Å². The molecule has 0 aliphatic carbocycles. The van der Waals surface area contributed by atoms with Gasteiger partial charge in [0.2, 0.25) is 0 Å². The standard InChI is InChI=1S/C20H19ClN2O5/c1-23-16-10-13(21)4-2-11(16)8-17(23)19(26)22-15(6-7-24)14-5-3-12(20(27)28)9-18(14)25/h2-5,8-10,15,24-25H,6-7H2,1H3,(H,22,26)(H,27,28)/t15-/m1/s1. The number of hydrogen-bond acceptors (Lipinski definition) is 4. The quantitative estimate of drug-likeness (QED) is 0.506. The Hall–Kier alpha value is -3.03. The van der Waals surface area contributed by atoms with Crippen molar-refractivity contribution < 1.29 is 24.9 Å². The van der Waals surface area contributed by atoms with Crippen LogP contribution in [0.2, 0.25) is 5.02 Å². The third-order valence-electron chi connectivity index (χ3n) is 4.62. The molecule has 0 aliphatic heterocycles. The lowest BCUT2D eigenvalue weighted by atomic mass is 10.0. The van der Waals surface area contributed by atoms with Crippen LogP contribution in [0.3, 0.4) is 0 Å². The molecule has 28 heavy (non-hydrogen) atoms. The number of carboxylic acid groups (broad SMARTS) is 1. The first-order valence-corrected chi connectivity index (χ1v) is 8.92. The number of phenolic OH excluding ortho intramolecular Hbond substituents is 1. The smallest absolute Gasteiger partial charge is 0.335 e. The lowest BCUT2D eigenvalue weighted by Crippen LogP contribution is -2.30. The normalized spacial score (nSPS) is 12.1. The first-order chi connectivity index (χ1) is 13.3. The number of fused-ring (bicyclic) bond motifs is 1. The van der Waals surface area contributed by atoms with E-state index in [9.17, 15) is 19.8 Å². The van der Waals surface area contributed by atoms with Crippen molar-refractivity contribution in [2.24, 2.45) is 7.05 Å². The third-order valence-corrected chi connectivity index (χ3v) is 4.85. The van der Waals surface area contributed by atoms with E-state index in [1.54, 1.807) is 29.8 Å². The number of aromatic carboxylic acids is 1. The Labute approximate surface area is 165 Å². The summed E-state index contributed by atoms with van der Waals surface area (Å²) in [5.41, 5.74) is 1.45. The molecule has 0 spiro atoms. The van der Waals surface area contributed by atoms with E-state index in [4.69, 9.17) is 16.7 Å². The van der Waals surface area contributed by atoms with Gasteiger partial charge in [0.05, 0.1) is 11.6 Å². The van der Waals surface area contributed by atoms with E-state index in [0.717, 1.165) is 17.0 Å². The molecule has 3 aromatic rings. The Kier molecular flexibility index (Phi) is 5.58. The molecular weight excluding hydrogens is 384 g/mol. The summed E-state index contributed by atoms with van der Waals surface area (Å²) in [6.45, 7) is -0.226. The molecule has 1 aromatic heterocycles. The van der Waals surface area contributed by atoms with Crippen molar-refractivity contribution in [1.82, 2.24) is 9.88 Å². The number of halogens is 1. The molecule has 146 valence electrons. The monoisotopic (exact) mass is 402 g/mol. The summed E-state index contributed by atoms with van der Waals surface area (Å²) in [5, 5.41) is 32.8. The van der Waals surface area contributed by atoms with Crippen LogP contribution in [-0.2, 0) is 7.05 Å². The van der Waals surface area contributed by atoms with Crippen LogP contribution in [0.5, 0.6) is 5.75 Å². The van der Waals surface area contributed by atoms with E-state index >= 15 is 0 Å². The molecule has 0 saturated carbocycles. The highest BCUT2D eigenvalue weighted by Crippen LogP contribution is 2.29. The fraction of sp³-hybridized carbons (Fsp3) is 0.200. The van der Waals surface area contributed by atoms with Gasteiger partial charge >= 0.3 is 5.97 Å². The second-order valence-electron chi connectivity index (χ2n) is 6.41. The van der Waals surface area contributed by atoms with Gasteiger partial charge < -0.3 is 25.2 Å². The molecule has 1 amide bonds. The summed E-state index contributed by atoms with van der Waals surface area (Å²) in [6.07, 6.45) is 0.154. The van der Waals surface area contributed by atoms with Crippen molar-refractivity contribution in [2.75, 3.05) is 6.61 Å². The Morgan fingerprint density at radius 1 is 1.18 bits per heavy atom. The second kappa shape index (κ2) is 7.92. The summed E-state index contributed by atoms with van der Waals surface area (Å²) in [4.78, 5) is 23.9. The van der Waals surface area contributed by atoms with Crippen LogP contribution >= 0.6 is 11.6 Å². The number of aromatic nitrogens is 1. The highest BCUT2D eigenvalue weighted by atomic mass is 35.5. The fourth-order valence-electron chi connectivity index (χ4n) is 3.16. The van der Waals surface area contributed by atoms with Gasteiger partial charge in [0.1, 0.15) is 11.4 Å². The van der Waals surface area contributed by atoms with Gasteiger partial charge in [-0.05, 0) is 36.8 Å². The topological polar surface area (TPSA) is 112 Å². The first kappa shape index (κ1) is 19.7. The SMILES string of the molecule is Cn1c(C(=O)N[C@H](CCO)c2ccc(C(=O)O)cc2O)cc2ccc(Cl)cc21. The van der Waals surface area contributed by atoms with E-state index in [1.165, 1.54) is 12.1 Å². The molecule has 8 heteroatoms. The van der Waals surface area contributed by atoms with Crippen LogP contribution in [0.15, 0.2) is 42.5 Å². The molecular formula is C20H19ClN2O5. The zero-order valence-corrected chi connectivity index (χ0v) is 15.8. The van der Waals surface area contributed by atoms with Gasteiger partial charge in [-0.3, -0.25) is 4.79 Å². The molecule has 2 aromatic carbocycles. The number of nitrogens with one attached hydrogen (secondary N) is 1. The summed E-state index contributed by atoms with van der Waals surface area (Å²) >= 11 is 6.03. The number of rotatable bonds is 6. The van der Waals surface area contributed by atoms with Gasteiger partial charge in [-0.15, -0.1) is 0 Å². The van der Waals surface area contributed by atoms with Crippen molar-refractivity contribution in [3.63, 3.8) is 0 Å². The number of aryl methyl sites for hydroxylation is 1. The number of hydrogen-bond donors (Lipinski definition) is 4. The average molecular weight is 403 g/mol. The number of aromatic hydroxyl groups is 1. The summed E-state index contributed by atoms with van der Waals surface area (Å²) in [7, 11) is 1.74. The highest BCUT2D eigenvalue weighted by molar-refractivity contribution is 6.31. The van der Waals surface area contributed by atoms with Gasteiger partial charge in [0.25, 0.3) is 5.91 Å². The van der Waals surface area contributed by atoms with E-state index in [-0.39, 0.29) is 24.3 Å². The largest absolute Gasteiger partial charge is 0.508 e. The molecule has 0 unspecified atom stereocenters. The Bertz CT molecular complexity index is 1060. The number of benzene rings is 2. The van der Waals surface area contributed by atoms with Crippen LogP contribution in [0.4, 0.5) is 0 Å². The molecule has 1 heterocycles. The molecule has 1 atom stereocenters. The fourth-order valence-corrected chi connectivity index (χ4v) is 3.33. The van der Waals surface area contributed by atoms with Gasteiger partial charge in [-0.1, -0.05) is 23.7 Å². The molecule has 0 bridgehead atoms. The van der Waals surface area contributed by atoms with Crippen LogP contribution in [-0.4, -0.2) is 38.4 Å². The second-order valence-corrected chi connectivity index (χ2v) is 6.85. The number of aliphatic hydroxyl groups excluding tert-OH is 1. The maximum atomic E-state index is 12.8. The zero-order chi connectivity index (χ0) is 20.4. The minimum Gasteiger partial charge on any atom is -0.508 e. The van der Waals surface area contributed by atoms with Crippen LogP contribution in [0, 0.1) is 0 Å². The van der Waals surface area contributed by atoms with E-state index in [1.807, 2.05) is 6.07 Å². The first-order valence-electron chi connectivity index (χ1n) is 8.54. The molecule has 0 radical (unpaired) electrons. The van der Waals surface area contributed by atoms with Gasteiger partial charge in [0, 0.05) is 35.1 Å². The Balaban J connectivity index is 1.92. The van der Waals surface area contributed by atoms with Crippen molar-refractivity contribution in [3.05, 3.63) is 64.3 Å². The van der Waals surface area contributed by atoms with Crippen LogP contribution < -0.4 is 5.32 Å². The van der Waals surface area contributed by atoms with Crippen LogP contribution in [0.25, 0.3) is 10.9 Å². The number of carbonyl (C=O) groups excluding carboxylic acids is 1. The Morgan fingerprint density at radius 3 is 2.57 bits per heavy atom. The van der Waals surface area contributed by atoms with Crippen molar-refractivity contribution in [2.45, 2.75) is 12.5 Å². The summed E-state index contributed by atoms with van der Waals surface area (Å²) < 4.78 is 1.71. The predicted molar refractivity (Wildman–Crippen MR) is 105 cm³/mol. The van der Waals surface area contributed by atoms with Gasteiger partial charge in [-0.25, -0.2) is 4.79 Å². The molecule has 0 aliphatic rings. The number of amides is 1. The van der Waals surface area contributed by atoms with Gasteiger partial charge in [0.15, 0.2) is 0 Å². The lowest BCUT2D eigenvalue weighted by Gasteiger charge is -2.20. The number of carboxylic acids is 1. The van der Waals surface area contributed by atoms with E-state index in [2.05, 4.69) is 5.32 Å². The molecule has 0 saturated heterocycles. The molecule has 4 N–H and O–H groups in total. The number of aliphatic hydroxyl groups is 1. The van der Waals surface area contributed by atoms with Gasteiger partial charge in [-0.2, -0.15) is 0 Å². The maximum Gasteiger partial charge on any atom is 0.335 e. The molecule has 0 fully saturated rings. The number of phenols is 1. The molecule has 7 nitrogen and oxygen atoms in total. The van der Waals surface area contributed by atoms with Crippen LogP contribution in [0.1, 0.15) is 38.9 Å². The Morgan fingerprint density at radius 2 is 1.93 bits per heavy atom. The van der Waals surface area contributed by atoms with E-state index in [0.29, 0.717) is 16.3 Å². The van der Waals surface area contributed by atoms with Crippen molar-refractivity contribution in [1.29, 1.82) is 0 Å². The maximum absolute atomic E-state index is 12.8. The minimum atomic E-state index is -1.17. The minimum absolute atomic E-state index is 0.0686. The average Bonchev–Trinajstić information content (AvgIpc) is 2.97. The zero-order valence-electron chi connectivity index (χ0n) is 15.0.